The lowest BCUT2D eigenvalue weighted by Gasteiger charge is -2.24. The van der Waals surface area contributed by atoms with Crippen LogP contribution < -0.4 is 10.6 Å². The van der Waals surface area contributed by atoms with Crippen LogP contribution in [-0.2, 0) is 0 Å². The van der Waals surface area contributed by atoms with Crippen molar-refractivity contribution >= 4 is 23.4 Å². The van der Waals surface area contributed by atoms with Gasteiger partial charge in [-0.25, -0.2) is 0 Å². The van der Waals surface area contributed by atoms with Crippen molar-refractivity contribution in [2.75, 3.05) is 23.9 Å². The molecule has 1 saturated heterocycles. The van der Waals surface area contributed by atoms with Gasteiger partial charge >= 0.3 is 0 Å². The number of nitrogens with one attached hydrogen (secondary N) is 2. The second-order valence-corrected chi connectivity index (χ2v) is 5.82. The van der Waals surface area contributed by atoms with Gasteiger partial charge in [-0.1, -0.05) is 0 Å². The molecule has 1 aromatic rings. The van der Waals surface area contributed by atoms with E-state index in [9.17, 15) is 4.79 Å². The Morgan fingerprint density at radius 1 is 1.44 bits per heavy atom. The summed E-state index contributed by atoms with van der Waals surface area (Å²) in [6.45, 7) is 2.05. The van der Waals surface area contributed by atoms with Crippen LogP contribution in [0.5, 0.6) is 0 Å². The van der Waals surface area contributed by atoms with Gasteiger partial charge in [0.1, 0.15) is 0 Å². The van der Waals surface area contributed by atoms with Crippen molar-refractivity contribution in [1.82, 2.24) is 5.32 Å². The molecule has 1 aromatic carbocycles. The number of carbonyl (C=O) groups excluding carboxylic acids is 1. The second kappa shape index (κ2) is 6.14. The minimum Gasteiger partial charge on any atom is -0.381 e. The monoisotopic (exact) mass is 264 g/mol. The highest BCUT2D eigenvalue weighted by molar-refractivity contribution is 7.99. The fourth-order valence-electron chi connectivity index (χ4n) is 2.19. The van der Waals surface area contributed by atoms with Gasteiger partial charge < -0.3 is 10.6 Å². The summed E-state index contributed by atoms with van der Waals surface area (Å²) in [4.78, 5) is 11.5. The first-order chi connectivity index (χ1) is 8.70. The Balaban J connectivity index is 2.07. The number of carbonyl (C=O) groups is 1. The van der Waals surface area contributed by atoms with Crippen LogP contribution in [0.4, 0.5) is 5.69 Å². The fraction of sp³-hybridized carbons (Fsp3) is 0.500. The molecule has 0 aromatic heterocycles. The number of rotatable bonds is 3. The molecule has 18 heavy (non-hydrogen) atoms. The lowest BCUT2D eigenvalue weighted by molar-refractivity contribution is 0.0963. The Morgan fingerprint density at radius 2 is 2.28 bits per heavy atom. The van der Waals surface area contributed by atoms with E-state index in [0.717, 1.165) is 16.8 Å². The van der Waals surface area contributed by atoms with Crippen molar-refractivity contribution in [3.05, 3.63) is 29.3 Å². The predicted molar refractivity (Wildman–Crippen MR) is 78.5 cm³/mol. The third-order valence-corrected chi connectivity index (χ3v) is 4.45. The van der Waals surface area contributed by atoms with Crippen LogP contribution >= 0.6 is 11.8 Å². The summed E-state index contributed by atoms with van der Waals surface area (Å²) >= 11 is 2.01. The summed E-state index contributed by atoms with van der Waals surface area (Å²) in [5.74, 6) is 2.43. The van der Waals surface area contributed by atoms with E-state index in [1.54, 1.807) is 7.05 Å². The lowest BCUT2D eigenvalue weighted by atomic mass is 10.1. The number of hydrogen-bond donors (Lipinski definition) is 2. The van der Waals surface area contributed by atoms with Gasteiger partial charge in [0, 0.05) is 30.1 Å². The Hall–Kier alpha value is -1.16. The molecule has 0 aliphatic carbocycles. The predicted octanol–water partition coefficient (Wildman–Crippen LogP) is 2.66. The van der Waals surface area contributed by atoms with Crippen molar-refractivity contribution < 1.29 is 4.79 Å². The summed E-state index contributed by atoms with van der Waals surface area (Å²) in [5.41, 5.74) is 3.00. The Morgan fingerprint density at radius 3 is 2.89 bits per heavy atom. The molecule has 0 bridgehead atoms. The lowest BCUT2D eigenvalue weighted by Crippen LogP contribution is -2.26. The molecule has 0 radical (unpaired) electrons. The van der Waals surface area contributed by atoms with Crippen LogP contribution in [0, 0.1) is 6.92 Å². The van der Waals surface area contributed by atoms with Gasteiger partial charge in [0.2, 0.25) is 0 Å². The smallest absolute Gasteiger partial charge is 0.251 e. The summed E-state index contributed by atoms with van der Waals surface area (Å²) in [6, 6.07) is 6.40. The van der Waals surface area contributed by atoms with Crippen molar-refractivity contribution in [3.63, 3.8) is 0 Å². The summed E-state index contributed by atoms with van der Waals surface area (Å²) in [6.07, 6.45) is 2.53. The first-order valence-electron chi connectivity index (χ1n) is 6.37. The highest BCUT2D eigenvalue weighted by Gasteiger charge is 2.14. The molecule has 1 aliphatic heterocycles. The highest BCUT2D eigenvalue weighted by atomic mass is 32.2. The number of anilines is 1. The number of thioether (sulfide) groups is 1. The maximum absolute atomic E-state index is 11.5. The largest absolute Gasteiger partial charge is 0.381 e. The molecule has 1 fully saturated rings. The van der Waals surface area contributed by atoms with Crippen molar-refractivity contribution in [1.29, 1.82) is 0 Å². The van der Waals surface area contributed by atoms with E-state index in [1.807, 2.05) is 36.9 Å². The van der Waals surface area contributed by atoms with Crippen LogP contribution in [0.2, 0.25) is 0 Å². The fourth-order valence-corrected chi connectivity index (χ4v) is 3.26. The zero-order chi connectivity index (χ0) is 13.0. The molecular formula is C14H20N2OS. The molecule has 98 valence electrons. The topological polar surface area (TPSA) is 41.1 Å². The van der Waals surface area contributed by atoms with E-state index in [4.69, 9.17) is 0 Å². The molecule has 0 spiro atoms. The van der Waals surface area contributed by atoms with Crippen LogP contribution in [0.3, 0.4) is 0 Å². The molecule has 1 heterocycles. The summed E-state index contributed by atoms with van der Waals surface area (Å²) < 4.78 is 0. The van der Waals surface area contributed by atoms with Crippen LogP contribution in [0.25, 0.3) is 0 Å². The molecule has 2 rings (SSSR count). The van der Waals surface area contributed by atoms with Gasteiger partial charge in [-0.3, -0.25) is 4.79 Å². The molecule has 2 N–H and O–H groups in total. The Bertz CT molecular complexity index is 428. The van der Waals surface area contributed by atoms with Crippen molar-refractivity contribution in [2.24, 2.45) is 0 Å². The second-order valence-electron chi connectivity index (χ2n) is 4.67. The third-order valence-electron chi connectivity index (χ3n) is 3.24. The number of amides is 1. The van der Waals surface area contributed by atoms with E-state index in [0.29, 0.717) is 6.04 Å². The van der Waals surface area contributed by atoms with Gasteiger partial charge in [0.15, 0.2) is 0 Å². The normalized spacial score (nSPS) is 19.3. The first-order valence-corrected chi connectivity index (χ1v) is 7.53. The van der Waals surface area contributed by atoms with Gasteiger partial charge in [-0.15, -0.1) is 0 Å². The molecule has 4 heteroatoms. The van der Waals surface area contributed by atoms with Gasteiger partial charge in [0.05, 0.1) is 0 Å². The van der Waals surface area contributed by atoms with Crippen molar-refractivity contribution in [3.8, 4) is 0 Å². The first kappa shape index (κ1) is 13.3. The number of hydrogen-bond acceptors (Lipinski definition) is 3. The van der Waals surface area contributed by atoms with E-state index >= 15 is 0 Å². The van der Waals surface area contributed by atoms with Crippen LogP contribution in [0.15, 0.2) is 18.2 Å². The average Bonchev–Trinajstić information content (AvgIpc) is 2.41. The maximum atomic E-state index is 11.5. The Kier molecular flexibility index (Phi) is 4.53. The number of aryl methyl sites for hydroxylation is 1. The van der Waals surface area contributed by atoms with Gasteiger partial charge in [-0.05, 0) is 49.3 Å². The molecular weight excluding hydrogens is 244 g/mol. The molecule has 1 unspecified atom stereocenters. The summed E-state index contributed by atoms with van der Waals surface area (Å²) in [7, 11) is 1.66. The standard InChI is InChI=1S/C14H20N2OS/c1-10-8-11(14(17)15-2)5-6-13(10)16-12-4-3-7-18-9-12/h5-6,8,12,16H,3-4,7,9H2,1-2H3,(H,15,17). The Labute approximate surface area is 113 Å². The summed E-state index contributed by atoms with van der Waals surface area (Å²) in [5, 5.41) is 6.23. The highest BCUT2D eigenvalue weighted by Crippen LogP contribution is 2.23. The van der Waals surface area contributed by atoms with E-state index in [-0.39, 0.29) is 5.91 Å². The molecule has 1 amide bonds. The minimum absolute atomic E-state index is 0.0297. The average molecular weight is 264 g/mol. The maximum Gasteiger partial charge on any atom is 0.251 e. The third kappa shape index (κ3) is 3.19. The quantitative estimate of drug-likeness (QED) is 0.882. The zero-order valence-corrected chi connectivity index (χ0v) is 11.8. The zero-order valence-electron chi connectivity index (χ0n) is 11.0. The molecule has 1 aliphatic rings. The SMILES string of the molecule is CNC(=O)c1ccc(NC2CCCSC2)c(C)c1. The molecule has 3 nitrogen and oxygen atoms in total. The van der Waals surface area contributed by atoms with Crippen LogP contribution in [-0.4, -0.2) is 30.5 Å². The van der Waals surface area contributed by atoms with Gasteiger partial charge in [0.25, 0.3) is 5.91 Å². The van der Waals surface area contributed by atoms with E-state index < -0.39 is 0 Å². The van der Waals surface area contributed by atoms with Crippen LogP contribution in [0.1, 0.15) is 28.8 Å². The molecule has 1 atom stereocenters. The number of benzene rings is 1. The molecule has 0 saturated carbocycles. The van der Waals surface area contributed by atoms with E-state index in [1.165, 1.54) is 24.3 Å². The van der Waals surface area contributed by atoms with Gasteiger partial charge in [-0.2, -0.15) is 11.8 Å². The van der Waals surface area contributed by atoms with Crippen molar-refractivity contribution in [2.45, 2.75) is 25.8 Å². The minimum atomic E-state index is -0.0297. The van der Waals surface area contributed by atoms with E-state index in [2.05, 4.69) is 10.6 Å².